The van der Waals surface area contributed by atoms with Gasteiger partial charge in [-0.1, -0.05) is 13.8 Å². The van der Waals surface area contributed by atoms with Crippen LogP contribution in [-0.2, 0) is 17.7 Å². The van der Waals surface area contributed by atoms with E-state index in [2.05, 4.69) is 31.4 Å². The lowest BCUT2D eigenvalue weighted by Gasteiger charge is -2.34. The average Bonchev–Trinajstić information content (AvgIpc) is 2.56. The van der Waals surface area contributed by atoms with E-state index >= 15 is 0 Å². The van der Waals surface area contributed by atoms with Gasteiger partial charge in [0.2, 0.25) is 0 Å². The maximum atomic E-state index is 6.32. The van der Waals surface area contributed by atoms with Crippen molar-refractivity contribution >= 4 is 0 Å². The van der Waals surface area contributed by atoms with Gasteiger partial charge in [0.1, 0.15) is 0 Å². The number of aromatic nitrogens is 1. The number of nitrogens with zero attached hydrogens (tertiary/aromatic N) is 1. The van der Waals surface area contributed by atoms with Gasteiger partial charge in [-0.3, -0.25) is 0 Å². The van der Waals surface area contributed by atoms with Crippen LogP contribution in [0.15, 0.2) is 6.07 Å². The highest BCUT2D eigenvalue weighted by atomic mass is 16.5. The third kappa shape index (κ3) is 2.62. The first-order valence-corrected chi connectivity index (χ1v) is 6.88. The molecule has 0 saturated heterocycles. The Morgan fingerprint density at radius 3 is 2.89 bits per heavy atom. The summed E-state index contributed by atoms with van der Waals surface area (Å²) >= 11 is 0. The minimum atomic E-state index is 0.200. The van der Waals surface area contributed by atoms with Crippen LogP contribution in [0.4, 0.5) is 0 Å². The number of methoxy groups -OCH3 is 1. The second-order valence-corrected chi connectivity index (χ2v) is 6.34. The molecule has 1 heterocycles. The maximum Gasteiger partial charge on any atom is 0.0479 e. The smallest absolute Gasteiger partial charge is 0.0479 e. The molecule has 3 nitrogen and oxygen atoms in total. The van der Waals surface area contributed by atoms with Gasteiger partial charge in [-0.05, 0) is 43.2 Å². The molecule has 0 aliphatic heterocycles. The second kappa shape index (κ2) is 5.06. The lowest BCUT2D eigenvalue weighted by Crippen LogP contribution is -2.30. The van der Waals surface area contributed by atoms with Crippen molar-refractivity contribution in [1.29, 1.82) is 0 Å². The van der Waals surface area contributed by atoms with Gasteiger partial charge in [0.15, 0.2) is 0 Å². The number of fused-ring (bicyclic) bond motifs is 1. The van der Waals surface area contributed by atoms with Gasteiger partial charge in [0.25, 0.3) is 0 Å². The number of hydrogen-bond donors (Lipinski definition) is 1. The van der Waals surface area contributed by atoms with E-state index in [0.717, 1.165) is 32.4 Å². The summed E-state index contributed by atoms with van der Waals surface area (Å²) in [6.07, 6.45) is 3.28. The molecule has 2 N–H and O–H groups in total. The molecule has 1 aliphatic carbocycles. The quantitative estimate of drug-likeness (QED) is 0.835. The third-order valence-electron chi connectivity index (χ3n) is 4.00. The molecule has 0 fully saturated rings. The fourth-order valence-corrected chi connectivity index (χ4v) is 3.18. The molecule has 3 heteroatoms. The summed E-state index contributed by atoms with van der Waals surface area (Å²) in [5.41, 5.74) is 10.8. The fourth-order valence-electron chi connectivity index (χ4n) is 3.18. The third-order valence-corrected chi connectivity index (χ3v) is 4.00. The summed E-state index contributed by atoms with van der Waals surface area (Å²) in [6, 6.07) is 2.48. The van der Waals surface area contributed by atoms with Gasteiger partial charge < -0.3 is 15.0 Å². The first-order valence-electron chi connectivity index (χ1n) is 6.88. The fraction of sp³-hybridized carbons (Fsp3) is 0.733. The molecule has 2 rings (SSSR count). The van der Waals surface area contributed by atoms with E-state index in [-0.39, 0.29) is 6.04 Å². The largest absolute Gasteiger partial charge is 0.385 e. The van der Waals surface area contributed by atoms with Gasteiger partial charge in [-0.2, -0.15) is 0 Å². The molecule has 1 atom stereocenters. The molecule has 1 aromatic rings. The van der Waals surface area contributed by atoms with E-state index in [0.29, 0.717) is 5.41 Å². The Kier molecular flexibility index (Phi) is 3.83. The zero-order valence-electron chi connectivity index (χ0n) is 12.1. The zero-order valence-corrected chi connectivity index (χ0v) is 12.1. The zero-order chi connectivity index (χ0) is 13.3. The van der Waals surface area contributed by atoms with Crippen LogP contribution in [0.3, 0.4) is 0 Å². The monoisotopic (exact) mass is 250 g/mol. The molecule has 0 bridgehead atoms. The van der Waals surface area contributed by atoms with Gasteiger partial charge >= 0.3 is 0 Å². The van der Waals surface area contributed by atoms with Crippen LogP contribution >= 0.6 is 0 Å². The molecule has 0 spiro atoms. The summed E-state index contributed by atoms with van der Waals surface area (Å²) < 4.78 is 7.59. The molecule has 1 aromatic heterocycles. The molecular formula is C15H26N2O. The van der Waals surface area contributed by atoms with Gasteiger partial charge in [-0.15, -0.1) is 0 Å². The van der Waals surface area contributed by atoms with E-state index in [4.69, 9.17) is 10.5 Å². The molecule has 0 saturated carbocycles. The van der Waals surface area contributed by atoms with E-state index in [1.165, 1.54) is 17.0 Å². The van der Waals surface area contributed by atoms with Crippen molar-refractivity contribution in [2.75, 3.05) is 13.7 Å². The van der Waals surface area contributed by atoms with Crippen molar-refractivity contribution in [3.8, 4) is 0 Å². The molecular weight excluding hydrogens is 224 g/mol. The SMILES string of the molecule is COCCCn1c(C)cc2c1CC(C)(C)CC2N. The minimum Gasteiger partial charge on any atom is -0.385 e. The highest BCUT2D eigenvalue weighted by Gasteiger charge is 2.32. The molecule has 0 aromatic carbocycles. The van der Waals surface area contributed by atoms with Crippen molar-refractivity contribution in [2.24, 2.45) is 11.1 Å². The van der Waals surface area contributed by atoms with Crippen LogP contribution < -0.4 is 5.73 Å². The Labute approximate surface area is 110 Å². The standard InChI is InChI=1S/C15H26N2O/c1-11-8-12-13(16)9-15(2,3)10-14(12)17(11)6-5-7-18-4/h8,13H,5-7,9-10,16H2,1-4H3. The normalized spacial score (nSPS) is 21.9. The van der Waals surface area contributed by atoms with Crippen molar-refractivity contribution in [3.05, 3.63) is 23.0 Å². The predicted octanol–water partition coefficient (Wildman–Crippen LogP) is 2.81. The van der Waals surface area contributed by atoms with E-state index in [9.17, 15) is 0 Å². The summed E-state index contributed by atoms with van der Waals surface area (Å²) in [5, 5.41) is 0. The Hall–Kier alpha value is -0.800. The maximum absolute atomic E-state index is 6.32. The lowest BCUT2D eigenvalue weighted by molar-refractivity contribution is 0.189. The van der Waals surface area contributed by atoms with E-state index < -0.39 is 0 Å². The Balaban J connectivity index is 2.26. The predicted molar refractivity (Wildman–Crippen MR) is 74.7 cm³/mol. The van der Waals surface area contributed by atoms with Crippen LogP contribution in [0.2, 0.25) is 0 Å². The van der Waals surface area contributed by atoms with Crippen LogP contribution in [-0.4, -0.2) is 18.3 Å². The Bertz CT molecular complexity index is 420. The van der Waals surface area contributed by atoms with Crippen LogP contribution in [0.1, 0.15) is 49.7 Å². The number of aryl methyl sites for hydroxylation is 1. The first kappa shape index (κ1) is 13.6. The van der Waals surface area contributed by atoms with E-state index in [1.807, 2.05) is 0 Å². The van der Waals surface area contributed by atoms with Crippen molar-refractivity contribution in [1.82, 2.24) is 4.57 Å². The molecule has 0 radical (unpaired) electrons. The van der Waals surface area contributed by atoms with Crippen molar-refractivity contribution in [3.63, 3.8) is 0 Å². The molecule has 1 aliphatic rings. The topological polar surface area (TPSA) is 40.2 Å². The van der Waals surface area contributed by atoms with Crippen molar-refractivity contribution < 1.29 is 4.74 Å². The van der Waals surface area contributed by atoms with Crippen molar-refractivity contribution in [2.45, 2.75) is 52.6 Å². The summed E-state index contributed by atoms with van der Waals surface area (Å²) in [4.78, 5) is 0. The Morgan fingerprint density at radius 2 is 2.22 bits per heavy atom. The summed E-state index contributed by atoms with van der Waals surface area (Å²) in [5.74, 6) is 0. The molecule has 0 amide bonds. The molecule has 18 heavy (non-hydrogen) atoms. The number of hydrogen-bond acceptors (Lipinski definition) is 2. The average molecular weight is 250 g/mol. The number of ether oxygens (including phenoxy) is 1. The Morgan fingerprint density at radius 1 is 1.50 bits per heavy atom. The van der Waals surface area contributed by atoms with Gasteiger partial charge in [0, 0.05) is 37.7 Å². The van der Waals surface area contributed by atoms with Gasteiger partial charge in [-0.25, -0.2) is 0 Å². The molecule has 1 unspecified atom stereocenters. The first-order chi connectivity index (χ1) is 8.44. The lowest BCUT2D eigenvalue weighted by atomic mass is 9.74. The minimum absolute atomic E-state index is 0.200. The second-order valence-electron chi connectivity index (χ2n) is 6.34. The highest BCUT2D eigenvalue weighted by molar-refractivity contribution is 5.34. The van der Waals surface area contributed by atoms with Crippen LogP contribution in [0, 0.1) is 12.3 Å². The number of nitrogens with two attached hydrogens (primary N) is 1. The highest BCUT2D eigenvalue weighted by Crippen LogP contribution is 2.40. The van der Waals surface area contributed by atoms with Crippen LogP contribution in [0.25, 0.3) is 0 Å². The summed E-state index contributed by atoms with van der Waals surface area (Å²) in [7, 11) is 1.76. The summed E-state index contributed by atoms with van der Waals surface area (Å²) in [6.45, 7) is 8.68. The molecule has 102 valence electrons. The van der Waals surface area contributed by atoms with Crippen LogP contribution in [0.5, 0.6) is 0 Å². The van der Waals surface area contributed by atoms with Gasteiger partial charge in [0.05, 0.1) is 0 Å². The number of rotatable bonds is 4. The van der Waals surface area contributed by atoms with E-state index in [1.54, 1.807) is 7.11 Å².